The molecule has 33 heavy (non-hydrogen) atoms. The monoisotopic (exact) mass is 486 g/mol. The molecule has 0 bridgehead atoms. The minimum atomic E-state index is -3.94. The van der Waals surface area contributed by atoms with Crippen LogP contribution in [-0.4, -0.2) is 37.8 Å². The smallest absolute Gasteiger partial charge is 0.338 e. The van der Waals surface area contributed by atoms with Crippen LogP contribution in [0.4, 0.5) is 5.69 Å². The number of carbonyl (C=O) groups excluding carboxylic acids is 2. The maximum Gasteiger partial charge on any atom is 0.338 e. The van der Waals surface area contributed by atoms with E-state index in [4.69, 9.17) is 16.3 Å². The average Bonchev–Trinajstić information content (AvgIpc) is 2.81. The number of nitrogens with zero attached hydrogens (tertiary/aromatic N) is 1. The first-order valence-corrected chi connectivity index (χ1v) is 12.0. The maximum absolute atomic E-state index is 13.2. The third kappa shape index (κ3) is 6.64. The minimum Gasteiger partial charge on any atom is -0.462 e. The zero-order valence-corrected chi connectivity index (χ0v) is 19.5. The van der Waals surface area contributed by atoms with E-state index in [1.165, 1.54) is 24.3 Å². The van der Waals surface area contributed by atoms with Gasteiger partial charge in [0.15, 0.2) is 0 Å². The average molecular weight is 487 g/mol. The van der Waals surface area contributed by atoms with Crippen LogP contribution in [0.1, 0.15) is 22.8 Å². The lowest BCUT2D eigenvalue weighted by molar-refractivity contribution is -0.116. The molecule has 0 atom stereocenters. The summed E-state index contributed by atoms with van der Waals surface area (Å²) in [6.45, 7) is 1.56. The van der Waals surface area contributed by atoms with Gasteiger partial charge in [0.05, 0.1) is 23.6 Å². The summed E-state index contributed by atoms with van der Waals surface area (Å²) in [5.41, 5.74) is 1.47. The first-order valence-electron chi connectivity index (χ1n) is 10.2. The first kappa shape index (κ1) is 24.4. The molecule has 3 rings (SSSR count). The lowest BCUT2D eigenvalue weighted by Crippen LogP contribution is -2.37. The first-order chi connectivity index (χ1) is 15.8. The SMILES string of the molecule is CCOC(=O)c1ccc(NC(=O)CN(Cc2ccc(Cl)cc2)S(=O)(=O)c2ccccc2)cc1. The summed E-state index contributed by atoms with van der Waals surface area (Å²) in [4.78, 5) is 24.6. The van der Waals surface area contributed by atoms with E-state index in [0.29, 0.717) is 21.8 Å². The molecule has 3 aromatic rings. The number of sulfonamides is 1. The summed E-state index contributed by atoms with van der Waals surface area (Å²) in [7, 11) is -3.94. The van der Waals surface area contributed by atoms with E-state index in [1.807, 2.05) is 0 Å². The molecule has 0 aliphatic rings. The van der Waals surface area contributed by atoms with E-state index in [2.05, 4.69) is 5.32 Å². The Balaban J connectivity index is 1.78. The molecule has 0 aliphatic heterocycles. The van der Waals surface area contributed by atoms with Crippen molar-refractivity contribution in [1.82, 2.24) is 4.31 Å². The second-order valence-corrected chi connectivity index (χ2v) is 9.43. The molecule has 0 saturated heterocycles. The van der Waals surface area contributed by atoms with E-state index < -0.39 is 28.4 Å². The minimum absolute atomic E-state index is 0.0103. The van der Waals surface area contributed by atoms with Crippen LogP contribution >= 0.6 is 11.6 Å². The predicted octanol–water partition coefficient (Wildman–Crippen LogP) is 4.35. The number of carbonyl (C=O) groups is 2. The number of benzene rings is 3. The van der Waals surface area contributed by atoms with Crippen LogP contribution in [0.25, 0.3) is 0 Å². The highest BCUT2D eigenvalue weighted by atomic mass is 35.5. The molecule has 0 aliphatic carbocycles. The van der Waals surface area contributed by atoms with Gasteiger partial charge in [-0.1, -0.05) is 41.9 Å². The van der Waals surface area contributed by atoms with Crippen molar-refractivity contribution < 1.29 is 22.7 Å². The Morgan fingerprint density at radius 1 is 0.939 bits per heavy atom. The molecule has 0 aromatic heterocycles. The van der Waals surface area contributed by atoms with Crippen LogP contribution in [0.15, 0.2) is 83.8 Å². The maximum atomic E-state index is 13.2. The van der Waals surface area contributed by atoms with Crippen LogP contribution in [0.3, 0.4) is 0 Å². The standard InChI is InChI=1S/C24H23ClN2O5S/c1-2-32-24(29)19-10-14-21(15-11-19)26-23(28)17-27(16-18-8-12-20(25)13-9-18)33(30,31)22-6-4-3-5-7-22/h3-15H,2,16-17H2,1H3,(H,26,28). The third-order valence-electron chi connectivity index (χ3n) is 4.65. The van der Waals surface area contributed by atoms with E-state index in [0.717, 1.165) is 4.31 Å². The van der Waals surface area contributed by atoms with Crippen molar-refractivity contribution >= 4 is 39.2 Å². The van der Waals surface area contributed by atoms with Gasteiger partial charge in [-0.05, 0) is 61.0 Å². The molecular formula is C24H23ClN2O5S. The molecule has 3 aromatic carbocycles. The van der Waals surface area contributed by atoms with E-state index in [1.54, 1.807) is 61.5 Å². The molecular weight excluding hydrogens is 464 g/mol. The van der Waals surface area contributed by atoms with Gasteiger partial charge < -0.3 is 10.1 Å². The Kier molecular flexibility index (Phi) is 8.21. The van der Waals surface area contributed by atoms with Crippen molar-refractivity contribution in [3.63, 3.8) is 0 Å². The molecule has 7 nitrogen and oxygen atoms in total. The van der Waals surface area contributed by atoms with Crippen molar-refractivity contribution in [2.24, 2.45) is 0 Å². The van der Waals surface area contributed by atoms with Gasteiger partial charge in [0.25, 0.3) is 0 Å². The fourth-order valence-electron chi connectivity index (χ4n) is 3.03. The second kappa shape index (κ2) is 11.1. The molecule has 0 fully saturated rings. The number of esters is 1. The fourth-order valence-corrected chi connectivity index (χ4v) is 4.56. The Morgan fingerprint density at radius 2 is 1.58 bits per heavy atom. The quantitative estimate of drug-likeness (QED) is 0.454. The molecule has 0 saturated carbocycles. The summed E-state index contributed by atoms with van der Waals surface area (Å²) in [5, 5.41) is 3.20. The van der Waals surface area contributed by atoms with Gasteiger partial charge in [0.1, 0.15) is 0 Å². The predicted molar refractivity (Wildman–Crippen MR) is 127 cm³/mol. The summed E-state index contributed by atoms with van der Waals surface area (Å²) in [6.07, 6.45) is 0. The molecule has 0 radical (unpaired) electrons. The highest BCUT2D eigenvalue weighted by molar-refractivity contribution is 7.89. The van der Waals surface area contributed by atoms with Crippen LogP contribution in [0.5, 0.6) is 0 Å². The molecule has 1 N–H and O–H groups in total. The molecule has 0 spiro atoms. The van der Waals surface area contributed by atoms with Gasteiger partial charge in [-0.2, -0.15) is 4.31 Å². The van der Waals surface area contributed by atoms with Crippen LogP contribution in [-0.2, 0) is 26.1 Å². The fraction of sp³-hybridized carbons (Fsp3) is 0.167. The normalized spacial score (nSPS) is 11.2. The highest BCUT2D eigenvalue weighted by Gasteiger charge is 2.27. The Morgan fingerprint density at radius 3 is 2.18 bits per heavy atom. The van der Waals surface area contributed by atoms with Gasteiger partial charge >= 0.3 is 5.97 Å². The van der Waals surface area contributed by atoms with E-state index >= 15 is 0 Å². The lowest BCUT2D eigenvalue weighted by atomic mass is 10.2. The molecule has 172 valence electrons. The zero-order chi connectivity index (χ0) is 23.8. The Hall–Kier alpha value is -3.20. The summed E-state index contributed by atoms with van der Waals surface area (Å²) < 4.78 is 32.5. The van der Waals surface area contributed by atoms with Crippen molar-refractivity contribution in [3.05, 3.63) is 95.0 Å². The number of halogens is 1. The van der Waals surface area contributed by atoms with Crippen molar-refractivity contribution in [2.45, 2.75) is 18.4 Å². The highest BCUT2D eigenvalue weighted by Crippen LogP contribution is 2.20. The number of nitrogens with one attached hydrogen (secondary N) is 1. The van der Waals surface area contributed by atoms with Gasteiger partial charge in [-0.25, -0.2) is 13.2 Å². The van der Waals surface area contributed by atoms with Crippen molar-refractivity contribution in [2.75, 3.05) is 18.5 Å². The van der Waals surface area contributed by atoms with Crippen LogP contribution < -0.4 is 5.32 Å². The number of hydrogen-bond donors (Lipinski definition) is 1. The van der Waals surface area contributed by atoms with E-state index in [9.17, 15) is 18.0 Å². The molecule has 9 heteroatoms. The number of ether oxygens (including phenoxy) is 1. The van der Waals surface area contributed by atoms with Crippen LogP contribution in [0.2, 0.25) is 5.02 Å². The second-order valence-electron chi connectivity index (χ2n) is 7.06. The Labute approximate surface area is 198 Å². The van der Waals surface area contributed by atoms with Gasteiger partial charge in [0, 0.05) is 17.3 Å². The number of anilines is 1. The molecule has 0 heterocycles. The summed E-state index contributed by atoms with van der Waals surface area (Å²) in [5.74, 6) is -0.981. The lowest BCUT2D eigenvalue weighted by Gasteiger charge is -2.22. The number of amides is 1. The number of hydrogen-bond acceptors (Lipinski definition) is 5. The largest absolute Gasteiger partial charge is 0.462 e. The van der Waals surface area contributed by atoms with Crippen molar-refractivity contribution in [3.8, 4) is 0 Å². The van der Waals surface area contributed by atoms with Crippen LogP contribution in [0, 0.1) is 0 Å². The van der Waals surface area contributed by atoms with Gasteiger partial charge in [-0.3, -0.25) is 4.79 Å². The third-order valence-corrected chi connectivity index (χ3v) is 6.71. The van der Waals surface area contributed by atoms with Gasteiger partial charge in [0.2, 0.25) is 15.9 Å². The van der Waals surface area contributed by atoms with Crippen molar-refractivity contribution in [1.29, 1.82) is 0 Å². The zero-order valence-electron chi connectivity index (χ0n) is 17.9. The summed E-state index contributed by atoms with van der Waals surface area (Å²) in [6, 6.07) is 20.8. The topological polar surface area (TPSA) is 92.8 Å². The Bertz CT molecular complexity index is 1200. The molecule has 0 unspecified atom stereocenters. The summed E-state index contributed by atoms with van der Waals surface area (Å²) >= 11 is 5.93. The van der Waals surface area contributed by atoms with E-state index in [-0.39, 0.29) is 18.0 Å². The number of rotatable bonds is 9. The van der Waals surface area contributed by atoms with Gasteiger partial charge in [-0.15, -0.1) is 0 Å². The molecule has 1 amide bonds.